The number of piperidine rings is 1. The largest absolute Gasteiger partial charge is 0.493 e. The maximum absolute atomic E-state index is 13.4. The number of carbonyl (C=O) groups is 1. The normalized spacial score (nSPS) is 22.2. The van der Waals surface area contributed by atoms with Gasteiger partial charge in [0, 0.05) is 35.4 Å². The summed E-state index contributed by atoms with van der Waals surface area (Å²) in [6.07, 6.45) is 2.25. The summed E-state index contributed by atoms with van der Waals surface area (Å²) in [4.78, 5) is 20.7. The molecule has 2 fully saturated rings. The molecule has 0 saturated carbocycles. The van der Waals surface area contributed by atoms with Gasteiger partial charge in [0.1, 0.15) is 0 Å². The van der Waals surface area contributed by atoms with Crippen LogP contribution in [-0.4, -0.2) is 55.6 Å². The Balaban J connectivity index is 1.52. The molecule has 0 radical (unpaired) electrons. The molecule has 150 valence electrons. The molecule has 6 heteroatoms. The number of fused-ring (bicyclic) bond motifs is 1. The minimum atomic E-state index is 0.0528. The van der Waals surface area contributed by atoms with E-state index >= 15 is 0 Å². The van der Waals surface area contributed by atoms with Crippen molar-refractivity contribution in [3.8, 4) is 11.5 Å². The van der Waals surface area contributed by atoms with Crippen LogP contribution < -0.4 is 9.47 Å². The molecule has 1 aromatic heterocycles. The minimum absolute atomic E-state index is 0.0528. The van der Waals surface area contributed by atoms with E-state index in [2.05, 4.69) is 28.9 Å². The monoisotopic (exact) mass is 400 g/mol. The summed E-state index contributed by atoms with van der Waals surface area (Å²) < 4.78 is 10.9. The van der Waals surface area contributed by atoms with Crippen molar-refractivity contribution in [3.05, 3.63) is 45.6 Å². The summed E-state index contributed by atoms with van der Waals surface area (Å²) >= 11 is 1.87. The first-order valence-corrected chi connectivity index (χ1v) is 10.7. The lowest BCUT2D eigenvalue weighted by atomic mass is 9.92. The van der Waals surface area contributed by atoms with Gasteiger partial charge in [-0.2, -0.15) is 0 Å². The van der Waals surface area contributed by atoms with Crippen molar-refractivity contribution < 1.29 is 14.3 Å². The van der Waals surface area contributed by atoms with Gasteiger partial charge in [-0.3, -0.25) is 9.69 Å². The zero-order valence-corrected chi connectivity index (χ0v) is 17.6. The Morgan fingerprint density at radius 3 is 2.68 bits per heavy atom. The fourth-order valence-corrected chi connectivity index (χ4v) is 5.54. The van der Waals surface area contributed by atoms with Crippen LogP contribution >= 0.6 is 11.3 Å². The van der Waals surface area contributed by atoms with Gasteiger partial charge in [0.05, 0.1) is 19.8 Å². The van der Waals surface area contributed by atoms with E-state index in [9.17, 15) is 4.79 Å². The van der Waals surface area contributed by atoms with E-state index in [1.165, 1.54) is 9.75 Å². The van der Waals surface area contributed by atoms with E-state index in [0.717, 1.165) is 39.0 Å². The second-order valence-electron chi connectivity index (χ2n) is 7.69. The van der Waals surface area contributed by atoms with E-state index in [1.807, 2.05) is 29.5 Å². The number of nitrogens with zero attached hydrogens (tertiary/aromatic N) is 2. The van der Waals surface area contributed by atoms with Crippen LogP contribution in [0, 0.1) is 12.8 Å². The van der Waals surface area contributed by atoms with Crippen molar-refractivity contribution in [1.29, 1.82) is 0 Å². The lowest BCUT2D eigenvalue weighted by Gasteiger charge is -2.38. The van der Waals surface area contributed by atoms with Gasteiger partial charge in [-0.15, -0.1) is 11.3 Å². The van der Waals surface area contributed by atoms with Crippen LogP contribution in [0.1, 0.15) is 33.0 Å². The number of hydrogen-bond donors (Lipinski definition) is 0. The average molecular weight is 401 g/mol. The number of likely N-dealkylation sites (tertiary alicyclic amines) is 2. The van der Waals surface area contributed by atoms with E-state index < -0.39 is 0 Å². The Morgan fingerprint density at radius 2 is 1.96 bits per heavy atom. The highest BCUT2D eigenvalue weighted by Crippen LogP contribution is 2.37. The Hall–Kier alpha value is -2.05. The highest BCUT2D eigenvalue weighted by Gasteiger charge is 2.41. The Bertz CT molecular complexity index is 850. The Labute approximate surface area is 170 Å². The number of aryl methyl sites for hydroxylation is 1. The third-order valence-electron chi connectivity index (χ3n) is 6.02. The Kier molecular flexibility index (Phi) is 5.60. The quantitative estimate of drug-likeness (QED) is 0.765. The van der Waals surface area contributed by atoms with Crippen LogP contribution in [0.4, 0.5) is 0 Å². The number of benzene rings is 1. The molecule has 2 unspecified atom stereocenters. The summed E-state index contributed by atoms with van der Waals surface area (Å²) in [5, 5.41) is 0. The predicted octanol–water partition coefficient (Wildman–Crippen LogP) is 3.81. The first-order chi connectivity index (χ1) is 13.6. The zero-order valence-electron chi connectivity index (χ0n) is 16.8. The fraction of sp³-hybridized carbons (Fsp3) is 0.500. The molecule has 2 aromatic rings. The maximum Gasteiger partial charge on any atom is 0.258 e. The number of methoxy groups -OCH3 is 2. The van der Waals surface area contributed by atoms with Gasteiger partial charge in [-0.1, -0.05) is 6.07 Å². The standard InChI is InChI=1S/C22H28N2O3S/c1-15-7-8-17(28-15)13-23-11-9-16-10-12-24(19(16)14-23)22(25)18-5-4-6-20(26-2)21(18)27-3/h4-8,16,19H,9-14H2,1-3H3. The highest BCUT2D eigenvalue weighted by molar-refractivity contribution is 7.11. The van der Waals surface area contributed by atoms with E-state index in [-0.39, 0.29) is 11.9 Å². The van der Waals surface area contributed by atoms with Crippen molar-refractivity contribution in [2.45, 2.75) is 32.4 Å². The molecule has 2 aliphatic heterocycles. The van der Waals surface area contributed by atoms with Gasteiger partial charge in [0.25, 0.3) is 5.91 Å². The van der Waals surface area contributed by atoms with Gasteiger partial charge in [0.15, 0.2) is 11.5 Å². The molecule has 5 nitrogen and oxygen atoms in total. The van der Waals surface area contributed by atoms with E-state index in [0.29, 0.717) is 23.0 Å². The number of hydrogen-bond acceptors (Lipinski definition) is 5. The van der Waals surface area contributed by atoms with E-state index in [1.54, 1.807) is 14.2 Å². The number of amides is 1. The summed E-state index contributed by atoms with van der Waals surface area (Å²) in [6.45, 7) is 6.01. The molecule has 0 bridgehead atoms. The SMILES string of the molecule is COc1cccc(C(=O)N2CCC3CCN(Cc4ccc(C)s4)CC32)c1OC. The van der Waals surface area contributed by atoms with Gasteiger partial charge in [-0.05, 0) is 56.5 Å². The molecule has 1 aromatic carbocycles. The van der Waals surface area contributed by atoms with Crippen LogP contribution in [0.25, 0.3) is 0 Å². The molecule has 3 heterocycles. The number of ether oxygens (including phenoxy) is 2. The third-order valence-corrected chi connectivity index (χ3v) is 7.00. The molecule has 2 aliphatic rings. The smallest absolute Gasteiger partial charge is 0.258 e. The number of carbonyl (C=O) groups excluding carboxylic acids is 1. The van der Waals surface area contributed by atoms with Gasteiger partial charge >= 0.3 is 0 Å². The van der Waals surface area contributed by atoms with Crippen LogP contribution in [0.2, 0.25) is 0 Å². The van der Waals surface area contributed by atoms with E-state index in [4.69, 9.17) is 9.47 Å². The van der Waals surface area contributed by atoms with Crippen molar-refractivity contribution in [1.82, 2.24) is 9.80 Å². The molecule has 28 heavy (non-hydrogen) atoms. The number of thiophene rings is 1. The predicted molar refractivity (Wildman–Crippen MR) is 111 cm³/mol. The third kappa shape index (κ3) is 3.63. The summed E-state index contributed by atoms with van der Waals surface area (Å²) in [5.41, 5.74) is 0.591. The van der Waals surface area contributed by atoms with Crippen molar-refractivity contribution in [2.75, 3.05) is 33.9 Å². The number of rotatable bonds is 5. The van der Waals surface area contributed by atoms with Crippen molar-refractivity contribution >= 4 is 17.2 Å². The van der Waals surface area contributed by atoms with Crippen molar-refractivity contribution in [2.24, 2.45) is 5.92 Å². The lowest BCUT2D eigenvalue weighted by molar-refractivity contribution is 0.0588. The van der Waals surface area contributed by atoms with Gasteiger partial charge < -0.3 is 14.4 Å². The van der Waals surface area contributed by atoms with Crippen molar-refractivity contribution in [3.63, 3.8) is 0 Å². The molecular formula is C22H28N2O3S. The highest BCUT2D eigenvalue weighted by atomic mass is 32.1. The summed E-state index contributed by atoms with van der Waals surface area (Å²) in [6, 6.07) is 10.2. The van der Waals surface area contributed by atoms with Crippen LogP contribution in [-0.2, 0) is 6.54 Å². The molecule has 0 aliphatic carbocycles. The molecular weight excluding hydrogens is 372 g/mol. The lowest BCUT2D eigenvalue weighted by Crippen LogP contribution is -2.49. The van der Waals surface area contributed by atoms with Gasteiger partial charge in [-0.25, -0.2) is 0 Å². The molecule has 1 amide bonds. The zero-order chi connectivity index (χ0) is 19.7. The van der Waals surface area contributed by atoms with Crippen LogP contribution in [0.3, 0.4) is 0 Å². The topological polar surface area (TPSA) is 42.0 Å². The maximum atomic E-state index is 13.4. The van der Waals surface area contributed by atoms with Crippen LogP contribution in [0.15, 0.2) is 30.3 Å². The molecule has 2 saturated heterocycles. The fourth-order valence-electron chi connectivity index (χ4n) is 4.60. The van der Waals surface area contributed by atoms with Crippen LogP contribution in [0.5, 0.6) is 11.5 Å². The summed E-state index contributed by atoms with van der Waals surface area (Å²) in [5.74, 6) is 1.78. The molecule has 4 rings (SSSR count). The molecule has 2 atom stereocenters. The second kappa shape index (κ2) is 8.13. The minimum Gasteiger partial charge on any atom is -0.493 e. The first kappa shape index (κ1) is 19.3. The average Bonchev–Trinajstić information content (AvgIpc) is 3.32. The molecule has 0 N–H and O–H groups in total. The Morgan fingerprint density at radius 1 is 1.14 bits per heavy atom. The summed E-state index contributed by atoms with van der Waals surface area (Å²) in [7, 11) is 3.19. The number of para-hydroxylation sites is 1. The first-order valence-electron chi connectivity index (χ1n) is 9.90. The van der Waals surface area contributed by atoms with Gasteiger partial charge in [0.2, 0.25) is 0 Å². The second-order valence-corrected chi connectivity index (χ2v) is 9.06. The molecule has 0 spiro atoms.